The zero-order valence-electron chi connectivity index (χ0n) is 16.2. The number of rotatable bonds is 8. The van der Waals surface area contributed by atoms with Crippen molar-refractivity contribution < 1.29 is 9.53 Å². The average molecular weight is 407 g/mol. The largest absolute Gasteiger partial charge is 0.497 e. The highest BCUT2D eigenvalue weighted by Crippen LogP contribution is 2.26. The maximum Gasteiger partial charge on any atom is 0.240 e. The zero-order chi connectivity index (χ0) is 20.6. The van der Waals surface area contributed by atoms with Gasteiger partial charge < -0.3 is 9.64 Å². The predicted octanol–water partition coefficient (Wildman–Crippen LogP) is 3.91. The average Bonchev–Trinajstić information content (AvgIpc) is 3.23. The molecule has 0 saturated heterocycles. The fraction of sp³-hybridized carbons (Fsp3) is 0.238. The van der Waals surface area contributed by atoms with Crippen molar-refractivity contribution in [2.24, 2.45) is 0 Å². The van der Waals surface area contributed by atoms with Gasteiger partial charge in [0.15, 0.2) is 5.82 Å². The number of thioether (sulfide) groups is 1. The molecule has 0 fully saturated rings. The molecule has 3 aromatic rings. The summed E-state index contributed by atoms with van der Waals surface area (Å²) in [4.78, 5) is 19.1. The predicted molar refractivity (Wildman–Crippen MR) is 113 cm³/mol. The molecule has 0 bridgehead atoms. The molecule has 7 nitrogen and oxygen atoms in total. The summed E-state index contributed by atoms with van der Waals surface area (Å²) in [5, 5.41) is 16.2. The molecule has 0 aliphatic rings. The number of aromatic nitrogens is 3. The van der Waals surface area contributed by atoms with Crippen LogP contribution in [0.5, 0.6) is 5.75 Å². The first-order valence-electron chi connectivity index (χ1n) is 9.09. The minimum absolute atomic E-state index is 0.0905. The van der Waals surface area contributed by atoms with Crippen molar-refractivity contribution in [3.8, 4) is 23.2 Å². The van der Waals surface area contributed by atoms with E-state index in [4.69, 9.17) is 10.00 Å². The van der Waals surface area contributed by atoms with E-state index in [-0.39, 0.29) is 12.3 Å². The van der Waals surface area contributed by atoms with Crippen molar-refractivity contribution in [2.45, 2.75) is 23.8 Å². The lowest BCUT2D eigenvalue weighted by atomic mass is 10.2. The molecule has 8 heteroatoms. The van der Waals surface area contributed by atoms with Crippen LogP contribution in [0.15, 0.2) is 59.8 Å². The van der Waals surface area contributed by atoms with E-state index in [1.807, 2.05) is 61.5 Å². The fourth-order valence-electron chi connectivity index (χ4n) is 2.74. The number of methoxy groups -OCH3 is 1. The maximum absolute atomic E-state index is 13.0. The first-order chi connectivity index (χ1) is 14.1. The first kappa shape index (κ1) is 20.4. The Hall–Kier alpha value is -3.31. The second-order valence-electron chi connectivity index (χ2n) is 6.19. The molecule has 148 valence electrons. The van der Waals surface area contributed by atoms with Gasteiger partial charge in [-0.1, -0.05) is 30.0 Å². The third-order valence-corrected chi connectivity index (χ3v) is 5.19. The smallest absolute Gasteiger partial charge is 0.240 e. The number of amides is 1. The van der Waals surface area contributed by atoms with Crippen LogP contribution in [0.2, 0.25) is 0 Å². The van der Waals surface area contributed by atoms with Crippen LogP contribution in [0.25, 0.3) is 11.4 Å². The normalized spacial score (nSPS) is 11.5. The summed E-state index contributed by atoms with van der Waals surface area (Å²) in [6.45, 7) is 2.16. The molecule has 3 rings (SSSR count). The van der Waals surface area contributed by atoms with E-state index in [0.29, 0.717) is 17.5 Å². The molecule has 1 atom stereocenters. The van der Waals surface area contributed by atoms with Gasteiger partial charge in [0, 0.05) is 17.8 Å². The van der Waals surface area contributed by atoms with Gasteiger partial charge in [0.2, 0.25) is 11.1 Å². The molecule has 0 spiro atoms. The van der Waals surface area contributed by atoms with Gasteiger partial charge >= 0.3 is 0 Å². The van der Waals surface area contributed by atoms with E-state index in [1.165, 1.54) is 11.8 Å². The Labute approximate surface area is 173 Å². The monoisotopic (exact) mass is 407 g/mol. The van der Waals surface area contributed by atoms with Crippen LogP contribution < -0.4 is 9.64 Å². The molecule has 1 amide bonds. The summed E-state index contributed by atoms with van der Waals surface area (Å²) in [5.74, 6) is 1.30. The highest BCUT2D eigenvalue weighted by atomic mass is 32.2. The number of carbonyl (C=O) groups excluding carboxylic acids is 1. The Morgan fingerprint density at radius 2 is 1.97 bits per heavy atom. The quantitative estimate of drug-likeness (QED) is 0.569. The van der Waals surface area contributed by atoms with Crippen LogP contribution in [0.1, 0.15) is 13.3 Å². The van der Waals surface area contributed by atoms with Crippen molar-refractivity contribution in [1.29, 1.82) is 5.26 Å². The van der Waals surface area contributed by atoms with Crippen molar-refractivity contribution >= 4 is 23.4 Å². The Morgan fingerprint density at radius 3 is 2.62 bits per heavy atom. The number of aromatic amines is 1. The number of ether oxygens (including phenoxy) is 1. The van der Waals surface area contributed by atoms with Crippen LogP contribution in [-0.2, 0) is 4.79 Å². The first-order valence-corrected chi connectivity index (χ1v) is 9.97. The number of anilines is 1. The number of carbonyl (C=O) groups is 1. The summed E-state index contributed by atoms with van der Waals surface area (Å²) >= 11 is 1.28. The van der Waals surface area contributed by atoms with Crippen LogP contribution in [0.3, 0.4) is 0 Å². The Morgan fingerprint density at radius 1 is 1.24 bits per heavy atom. The summed E-state index contributed by atoms with van der Waals surface area (Å²) in [5.41, 5.74) is 1.65. The number of hydrogen-bond acceptors (Lipinski definition) is 6. The maximum atomic E-state index is 13.0. The van der Waals surface area contributed by atoms with Crippen molar-refractivity contribution in [1.82, 2.24) is 15.2 Å². The van der Waals surface area contributed by atoms with E-state index in [1.54, 1.807) is 12.0 Å². The molecular weight excluding hydrogens is 386 g/mol. The van der Waals surface area contributed by atoms with Crippen LogP contribution in [0.4, 0.5) is 5.69 Å². The molecule has 1 N–H and O–H groups in total. The Balaban J connectivity index is 1.71. The highest BCUT2D eigenvalue weighted by molar-refractivity contribution is 8.00. The molecule has 0 aliphatic carbocycles. The summed E-state index contributed by atoms with van der Waals surface area (Å²) in [6.07, 6.45) is 0.264. The molecule has 0 aliphatic heterocycles. The third kappa shape index (κ3) is 5.15. The van der Waals surface area contributed by atoms with Crippen molar-refractivity contribution in [3.05, 3.63) is 54.6 Å². The topological polar surface area (TPSA) is 94.9 Å². The van der Waals surface area contributed by atoms with Gasteiger partial charge in [-0.05, 0) is 43.3 Å². The number of benzene rings is 2. The number of H-pyrrole nitrogens is 1. The van der Waals surface area contributed by atoms with Gasteiger partial charge in [0.05, 0.1) is 24.8 Å². The molecule has 0 saturated carbocycles. The summed E-state index contributed by atoms with van der Waals surface area (Å²) < 4.78 is 5.16. The van der Waals surface area contributed by atoms with E-state index in [9.17, 15) is 4.79 Å². The lowest BCUT2D eigenvalue weighted by Crippen LogP contribution is -2.37. The molecule has 1 heterocycles. The summed E-state index contributed by atoms with van der Waals surface area (Å²) in [7, 11) is 1.62. The standard InChI is InChI=1S/C21H21N5O2S/c1-15(20(27)26(14-6-13-22)17-7-4-3-5-8-17)29-21-23-19(24-25-21)16-9-11-18(28-2)12-10-16/h3-5,7-12,15H,6,14H2,1-2H3,(H,23,24,25)/t15-/m0/s1. The molecule has 0 radical (unpaired) electrons. The number of nitrogens with one attached hydrogen (secondary N) is 1. The van der Waals surface area contributed by atoms with Crippen molar-refractivity contribution in [2.75, 3.05) is 18.6 Å². The molecule has 1 aromatic heterocycles. The minimum atomic E-state index is -0.409. The second-order valence-corrected chi connectivity index (χ2v) is 7.50. The molecule has 2 aromatic carbocycles. The minimum Gasteiger partial charge on any atom is -0.497 e. The number of hydrogen-bond donors (Lipinski definition) is 1. The fourth-order valence-corrected chi connectivity index (χ4v) is 3.53. The van der Waals surface area contributed by atoms with Gasteiger partial charge in [-0.15, -0.1) is 5.10 Å². The highest BCUT2D eigenvalue weighted by Gasteiger charge is 2.24. The van der Waals surface area contributed by atoms with Gasteiger partial charge in [-0.2, -0.15) is 5.26 Å². The number of para-hydroxylation sites is 1. The SMILES string of the molecule is COc1ccc(-c2nc(S[C@@H](C)C(=O)N(CCC#N)c3ccccc3)n[nH]2)cc1. The van der Waals surface area contributed by atoms with Crippen molar-refractivity contribution in [3.63, 3.8) is 0 Å². The number of nitriles is 1. The van der Waals surface area contributed by atoms with E-state index >= 15 is 0 Å². The zero-order valence-corrected chi connectivity index (χ0v) is 17.0. The van der Waals surface area contributed by atoms with E-state index < -0.39 is 5.25 Å². The van der Waals surface area contributed by atoms with Gasteiger partial charge in [0.25, 0.3) is 0 Å². The molecule has 0 unspecified atom stereocenters. The van der Waals surface area contributed by atoms with Crippen LogP contribution in [0, 0.1) is 11.3 Å². The Kier molecular flexibility index (Phi) is 6.87. The van der Waals surface area contributed by atoms with Crippen LogP contribution >= 0.6 is 11.8 Å². The van der Waals surface area contributed by atoms with E-state index in [0.717, 1.165) is 17.0 Å². The van der Waals surface area contributed by atoms with E-state index in [2.05, 4.69) is 21.3 Å². The van der Waals surface area contributed by atoms with Gasteiger partial charge in [0.1, 0.15) is 5.75 Å². The molecular formula is C21H21N5O2S. The number of nitrogens with zero attached hydrogens (tertiary/aromatic N) is 4. The third-order valence-electron chi connectivity index (χ3n) is 4.24. The second kappa shape index (κ2) is 9.75. The lowest BCUT2D eigenvalue weighted by molar-refractivity contribution is -0.117. The van der Waals surface area contributed by atoms with Gasteiger partial charge in [-0.25, -0.2) is 4.98 Å². The molecule has 29 heavy (non-hydrogen) atoms. The lowest BCUT2D eigenvalue weighted by Gasteiger charge is -2.24. The Bertz CT molecular complexity index is 982. The summed E-state index contributed by atoms with van der Waals surface area (Å²) in [6, 6.07) is 18.9. The van der Waals surface area contributed by atoms with Gasteiger partial charge in [-0.3, -0.25) is 9.89 Å². The van der Waals surface area contributed by atoms with Crippen LogP contribution in [-0.4, -0.2) is 40.0 Å².